The fourth-order valence-corrected chi connectivity index (χ4v) is 2.75. The van der Waals surface area contributed by atoms with Crippen molar-refractivity contribution in [2.24, 2.45) is 0 Å². The smallest absolute Gasteiger partial charge is 0.305 e. The first-order chi connectivity index (χ1) is 10.1. The monoisotopic (exact) mass is 345 g/mol. The summed E-state index contributed by atoms with van der Waals surface area (Å²) in [7, 11) is 0. The average Bonchev–Trinajstić information content (AvgIpc) is 2.46. The van der Waals surface area contributed by atoms with E-state index in [1.54, 1.807) is 11.8 Å². The van der Waals surface area contributed by atoms with Crippen molar-refractivity contribution in [1.29, 1.82) is 0 Å². The van der Waals surface area contributed by atoms with Gasteiger partial charge in [-0.1, -0.05) is 47.7 Å². The van der Waals surface area contributed by atoms with Crippen molar-refractivity contribution in [1.82, 2.24) is 5.32 Å². The van der Waals surface area contributed by atoms with E-state index in [0.717, 1.165) is 33.5 Å². The van der Waals surface area contributed by atoms with Crippen LogP contribution in [-0.2, 0) is 16.1 Å². The van der Waals surface area contributed by atoms with Crippen LogP contribution in [0.1, 0.15) is 31.7 Å². The second-order valence-corrected chi connectivity index (χ2v) is 6.59. The van der Waals surface area contributed by atoms with Crippen LogP contribution in [-0.4, -0.2) is 22.6 Å². The molecule has 0 aliphatic carbocycles. The van der Waals surface area contributed by atoms with Gasteiger partial charge in [0.05, 0.1) is 6.61 Å². The third-order valence-corrected chi connectivity index (χ3v) is 4.31. The zero-order valence-corrected chi connectivity index (χ0v) is 14.5. The lowest BCUT2D eigenvalue weighted by atomic mass is 10.2. The number of nitrogens with one attached hydrogen (secondary N) is 1. The van der Waals surface area contributed by atoms with Crippen molar-refractivity contribution in [2.75, 3.05) is 12.4 Å². The highest BCUT2D eigenvalue weighted by Gasteiger charge is 2.02. The van der Waals surface area contributed by atoms with Gasteiger partial charge in [-0.3, -0.25) is 4.79 Å². The van der Waals surface area contributed by atoms with Crippen molar-refractivity contribution in [3.8, 4) is 0 Å². The van der Waals surface area contributed by atoms with Crippen molar-refractivity contribution in [3.05, 3.63) is 34.9 Å². The number of halogens is 1. The summed E-state index contributed by atoms with van der Waals surface area (Å²) in [6.07, 6.45) is 2.28. The Kier molecular flexibility index (Phi) is 9.46. The molecule has 0 atom stereocenters. The molecule has 0 spiro atoms. The van der Waals surface area contributed by atoms with E-state index in [2.05, 4.69) is 5.32 Å². The van der Waals surface area contributed by atoms with Crippen molar-refractivity contribution in [3.63, 3.8) is 0 Å². The summed E-state index contributed by atoms with van der Waals surface area (Å²) in [6, 6.07) is 7.68. The molecule has 21 heavy (non-hydrogen) atoms. The number of esters is 1. The second kappa shape index (κ2) is 10.9. The molecule has 116 valence electrons. The third kappa shape index (κ3) is 8.96. The standard InChI is InChI=1S/C15H20ClNO2S2/c1-2-19-14(18)5-3-4-10-21-15(20)17-11-12-6-8-13(16)9-7-12/h6-9H,2-5,10-11H2,1H3,(H,17,20). The Morgan fingerprint density at radius 2 is 2.05 bits per heavy atom. The Balaban J connectivity index is 2.06. The van der Waals surface area contributed by atoms with Crippen molar-refractivity contribution < 1.29 is 9.53 Å². The minimum atomic E-state index is -0.120. The van der Waals surface area contributed by atoms with Crippen LogP contribution < -0.4 is 5.32 Å². The fraction of sp³-hybridized carbons (Fsp3) is 0.467. The molecule has 0 saturated carbocycles. The third-order valence-electron chi connectivity index (χ3n) is 2.66. The summed E-state index contributed by atoms with van der Waals surface area (Å²) in [5.74, 6) is 0.789. The van der Waals surface area contributed by atoms with E-state index >= 15 is 0 Å². The molecule has 1 aromatic rings. The van der Waals surface area contributed by atoms with Crippen LogP contribution in [0.5, 0.6) is 0 Å². The highest BCUT2D eigenvalue weighted by molar-refractivity contribution is 8.22. The summed E-state index contributed by atoms with van der Waals surface area (Å²) in [6.45, 7) is 2.97. The van der Waals surface area contributed by atoms with Crippen LogP contribution in [0, 0.1) is 0 Å². The SMILES string of the molecule is CCOC(=O)CCCCSC(=S)NCc1ccc(Cl)cc1. The molecule has 0 aliphatic rings. The number of carbonyl (C=O) groups excluding carboxylic acids is 1. The maximum absolute atomic E-state index is 11.1. The van der Waals surface area contributed by atoms with Crippen LogP contribution in [0.15, 0.2) is 24.3 Å². The highest BCUT2D eigenvalue weighted by atomic mass is 35.5. The molecule has 0 heterocycles. The predicted octanol–water partition coefficient (Wildman–Crippen LogP) is 4.18. The lowest BCUT2D eigenvalue weighted by molar-refractivity contribution is -0.143. The first kappa shape index (κ1) is 18.3. The summed E-state index contributed by atoms with van der Waals surface area (Å²) in [4.78, 5) is 11.1. The number of carbonyl (C=O) groups is 1. The van der Waals surface area contributed by atoms with Gasteiger partial charge in [0.1, 0.15) is 4.32 Å². The molecule has 0 aromatic heterocycles. The van der Waals surface area contributed by atoms with E-state index in [1.165, 1.54) is 0 Å². The summed E-state index contributed by atoms with van der Waals surface area (Å²) < 4.78 is 5.65. The molecule has 1 aromatic carbocycles. The van der Waals surface area contributed by atoms with Crippen LogP contribution in [0.4, 0.5) is 0 Å². The van der Waals surface area contributed by atoms with Gasteiger partial charge in [0.15, 0.2) is 0 Å². The quantitative estimate of drug-likeness (QED) is 0.434. The topological polar surface area (TPSA) is 38.3 Å². The molecule has 0 fully saturated rings. The molecule has 1 N–H and O–H groups in total. The average molecular weight is 346 g/mol. The Hall–Kier alpha value is -0.780. The normalized spacial score (nSPS) is 10.2. The molecule has 0 amide bonds. The zero-order chi connectivity index (χ0) is 15.5. The Morgan fingerprint density at radius 1 is 1.33 bits per heavy atom. The molecular formula is C15H20ClNO2S2. The van der Waals surface area contributed by atoms with E-state index in [0.29, 0.717) is 19.6 Å². The largest absolute Gasteiger partial charge is 0.466 e. The van der Waals surface area contributed by atoms with E-state index in [4.69, 9.17) is 28.6 Å². The molecule has 0 unspecified atom stereocenters. The van der Waals surface area contributed by atoms with Gasteiger partial charge in [0.2, 0.25) is 0 Å². The predicted molar refractivity (Wildman–Crippen MR) is 93.8 cm³/mol. The van der Waals surface area contributed by atoms with Crippen LogP contribution in [0.25, 0.3) is 0 Å². The van der Waals surface area contributed by atoms with Gasteiger partial charge in [-0.2, -0.15) is 0 Å². The van der Waals surface area contributed by atoms with Gasteiger partial charge in [-0.05, 0) is 37.5 Å². The van der Waals surface area contributed by atoms with E-state index in [1.807, 2.05) is 31.2 Å². The minimum Gasteiger partial charge on any atom is -0.466 e. The number of ether oxygens (including phenoxy) is 1. The first-order valence-electron chi connectivity index (χ1n) is 6.92. The maximum Gasteiger partial charge on any atom is 0.305 e. The maximum atomic E-state index is 11.1. The Labute approximate surface area is 140 Å². The van der Waals surface area contributed by atoms with Gasteiger partial charge < -0.3 is 10.1 Å². The highest BCUT2D eigenvalue weighted by Crippen LogP contribution is 2.11. The first-order valence-corrected chi connectivity index (χ1v) is 8.69. The Morgan fingerprint density at radius 3 is 2.71 bits per heavy atom. The van der Waals surface area contributed by atoms with E-state index < -0.39 is 0 Å². The number of rotatable bonds is 8. The van der Waals surface area contributed by atoms with Crippen molar-refractivity contribution >= 4 is 45.9 Å². The minimum absolute atomic E-state index is 0.120. The number of thiocarbonyl (C=S) groups is 1. The summed E-state index contributed by atoms with van der Waals surface area (Å²) in [5.41, 5.74) is 1.14. The van der Waals surface area contributed by atoms with Crippen molar-refractivity contribution in [2.45, 2.75) is 32.7 Å². The molecule has 1 rings (SSSR count). The molecule has 0 radical (unpaired) electrons. The van der Waals surface area contributed by atoms with Gasteiger partial charge in [-0.25, -0.2) is 0 Å². The number of hydrogen-bond donors (Lipinski definition) is 1. The molecule has 6 heteroatoms. The Bertz CT molecular complexity index is 451. The second-order valence-electron chi connectivity index (χ2n) is 4.38. The molecule has 3 nitrogen and oxygen atoms in total. The van der Waals surface area contributed by atoms with Crippen LogP contribution in [0.2, 0.25) is 5.02 Å². The van der Waals surface area contributed by atoms with E-state index in [9.17, 15) is 4.79 Å². The number of unbranched alkanes of at least 4 members (excludes halogenated alkanes) is 1. The van der Waals surface area contributed by atoms with E-state index in [-0.39, 0.29) is 5.97 Å². The van der Waals surface area contributed by atoms with Gasteiger partial charge in [0.25, 0.3) is 0 Å². The number of thioether (sulfide) groups is 1. The molecule has 0 bridgehead atoms. The molecular weight excluding hydrogens is 326 g/mol. The summed E-state index contributed by atoms with van der Waals surface area (Å²) >= 11 is 12.7. The van der Waals surface area contributed by atoms with Crippen LogP contribution in [0.3, 0.4) is 0 Å². The van der Waals surface area contributed by atoms with Crippen LogP contribution >= 0.6 is 35.6 Å². The van der Waals surface area contributed by atoms with Gasteiger partial charge in [0, 0.05) is 23.7 Å². The molecule has 0 aliphatic heterocycles. The fourth-order valence-electron chi connectivity index (χ4n) is 1.60. The lowest BCUT2D eigenvalue weighted by Gasteiger charge is -2.07. The number of benzene rings is 1. The number of hydrogen-bond acceptors (Lipinski definition) is 4. The molecule has 0 saturated heterocycles. The van der Waals surface area contributed by atoms with Gasteiger partial charge >= 0.3 is 5.97 Å². The zero-order valence-electron chi connectivity index (χ0n) is 12.1. The lowest BCUT2D eigenvalue weighted by Crippen LogP contribution is -2.18. The summed E-state index contributed by atoms with van der Waals surface area (Å²) in [5, 5.41) is 3.93. The van der Waals surface area contributed by atoms with Gasteiger partial charge in [-0.15, -0.1) is 0 Å².